The number of ether oxygens (including phenoxy) is 3. The minimum absolute atomic E-state index is 0.0687. The van der Waals surface area contributed by atoms with Crippen molar-refractivity contribution >= 4 is 17.4 Å². The molecule has 8 nitrogen and oxygen atoms in total. The van der Waals surface area contributed by atoms with E-state index in [-0.39, 0.29) is 11.3 Å². The Morgan fingerprint density at radius 2 is 1.54 bits per heavy atom. The van der Waals surface area contributed by atoms with Crippen LogP contribution in [0.5, 0.6) is 17.2 Å². The van der Waals surface area contributed by atoms with Crippen LogP contribution >= 0.6 is 0 Å². The molecule has 1 amide bonds. The van der Waals surface area contributed by atoms with Crippen molar-refractivity contribution < 1.29 is 28.9 Å². The molecule has 224 valence electrons. The minimum atomic E-state index is -0.759. The number of carbonyl (C=O) groups excluding carboxylic acids is 2. The van der Waals surface area contributed by atoms with Gasteiger partial charge in [-0.15, -0.1) is 0 Å². The molecule has 8 heteroatoms. The van der Waals surface area contributed by atoms with Gasteiger partial charge < -0.3 is 29.1 Å². The summed E-state index contributed by atoms with van der Waals surface area (Å²) in [5.74, 6) is 0.287. The van der Waals surface area contributed by atoms with Crippen LogP contribution in [-0.2, 0) is 9.59 Å². The molecular formula is C33H46N2O6. The third kappa shape index (κ3) is 8.03. The Labute approximate surface area is 244 Å². The molecule has 1 aliphatic heterocycles. The van der Waals surface area contributed by atoms with E-state index in [1.165, 1.54) is 0 Å². The van der Waals surface area contributed by atoms with Gasteiger partial charge in [0.15, 0.2) is 11.5 Å². The molecule has 2 aromatic carbocycles. The van der Waals surface area contributed by atoms with Crippen molar-refractivity contribution in [1.82, 2.24) is 9.80 Å². The van der Waals surface area contributed by atoms with E-state index >= 15 is 0 Å². The van der Waals surface area contributed by atoms with Crippen molar-refractivity contribution in [2.24, 2.45) is 0 Å². The molecular weight excluding hydrogens is 520 g/mol. The number of hydrogen-bond acceptors (Lipinski definition) is 7. The highest BCUT2D eigenvalue weighted by Crippen LogP contribution is 2.42. The largest absolute Gasteiger partial charge is 0.507 e. The molecule has 0 aromatic heterocycles. The van der Waals surface area contributed by atoms with Gasteiger partial charge in [0, 0.05) is 12.1 Å². The second-order valence-electron chi connectivity index (χ2n) is 10.2. The maximum absolute atomic E-state index is 13.5. The van der Waals surface area contributed by atoms with Crippen molar-refractivity contribution in [3.8, 4) is 17.2 Å². The number of benzene rings is 2. The van der Waals surface area contributed by atoms with Crippen LogP contribution < -0.4 is 14.2 Å². The summed E-state index contributed by atoms with van der Waals surface area (Å²) >= 11 is 0. The van der Waals surface area contributed by atoms with Gasteiger partial charge in [-0.3, -0.25) is 9.59 Å². The summed E-state index contributed by atoms with van der Waals surface area (Å²) in [5, 5.41) is 11.5. The Bertz CT molecular complexity index is 1170. The lowest BCUT2D eigenvalue weighted by atomic mass is 9.95. The Kier molecular flexibility index (Phi) is 12.5. The number of likely N-dealkylation sites (tertiary alicyclic amines) is 1. The van der Waals surface area contributed by atoms with Gasteiger partial charge in [0.05, 0.1) is 31.9 Å². The van der Waals surface area contributed by atoms with E-state index in [0.29, 0.717) is 54.6 Å². The smallest absolute Gasteiger partial charge is 0.295 e. The van der Waals surface area contributed by atoms with Crippen molar-refractivity contribution in [3.63, 3.8) is 0 Å². The normalized spacial score (nSPS) is 16.4. The molecule has 0 aliphatic carbocycles. The number of rotatable bonds is 17. The number of amides is 1. The lowest BCUT2D eigenvalue weighted by Gasteiger charge is -2.27. The minimum Gasteiger partial charge on any atom is -0.507 e. The van der Waals surface area contributed by atoms with Gasteiger partial charge in [-0.1, -0.05) is 46.6 Å². The molecule has 1 atom stereocenters. The van der Waals surface area contributed by atoms with Gasteiger partial charge in [0.25, 0.3) is 11.7 Å². The van der Waals surface area contributed by atoms with Crippen molar-refractivity contribution in [3.05, 3.63) is 59.2 Å². The topological polar surface area (TPSA) is 88.5 Å². The molecule has 41 heavy (non-hydrogen) atoms. The maximum Gasteiger partial charge on any atom is 0.295 e. The van der Waals surface area contributed by atoms with Crippen LogP contribution in [0.1, 0.15) is 77.0 Å². The number of carbonyl (C=O) groups is 2. The summed E-state index contributed by atoms with van der Waals surface area (Å²) in [6, 6.07) is 11.7. The van der Waals surface area contributed by atoms with Crippen LogP contribution in [0.4, 0.5) is 0 Å². The molecule has 1 aliphatic rings. The molecule has 1 N–H and O–H groups in total. The third-order valence-electron chi connectivity index (χ3n) is 7.46. The summed E-state index contributed by atoms with van der Waals surface area (Å²) in [5.41, 5.74) is 1.19. The maximum atomic E-state index is 13.5. The highest BCUT2D eigenvalue weighted by Gasteiger charge is 2.46. The van der Waals surface area contributed by atoms with Crippen LogP contribution in [0.2, 0.25) is 0 Å². The summed E-state index contributed by atoms with van der Waals surface area (Å²) in [4.78, 5) is 30.7. The van der Waals surface area contributed by atoms with Gasteiger partial charge in [-0.2, -0.15) is 0 Å². The predicted octanol–water partition coefficient (Wildman–Crippen LogP) is 6.21. The van der Waals surface area contributed by atoms with Crippen molar-refractivity contribution in [2.75, 3.05) is 46.5 Å². The van der Waals surface area contributed by atoms with E-state index in [2.05, 4.69) is 32.6 Å². The molecule has 1 fully saturated rings. The molecule has 0 unspecified atom stereocenters. The predicted molar refractivity (Wildman–Crippen MR) is 162 cm³/mol. The number of unbranched alkanes of at least 4 members (excludes halogenated alkanes) is 2. The van der Waals surface area contributed by atoms with Crippen LogP contribution in [0, 0.1) is 0 Å². The lowest BCUT2D eigenvalue weighted by Crippen LogP contribution is -2.33. The van der Waals surface area contributed by atoms with E-state index < -0.39 is 17.7 Å². The van der Waals surface area contributed by atoms with E-state index in [9.17, 15) is 14.7 Å². The average Bonchev–Trinajstić information content (AvgIpc) is 3.24. The highest BCUT2D eigenvalue weighted by molar-refractivity contribution is 6.46. The number of aliphatic hydroxyl groups is 1. The SMILES string of the molecule is CCCCOc1ccc(C(O)=C2C(=O)C(=O)N(CCCN(CC)CC)[C@H]2c2ccc(OCCCC)c(OC)c2)cc1. The summed E-state index contributed by atoms with van der Waals surface area (Å²) in [7, 11) is 1.57. The number of aliphatic hydroxyl groups excluding tert-OH is 1. The van der Waals surface area contributed by atoms with Crippen LogP contribution in [0.3, 0.4) is 0 Å². The van der Waals surface area contributed by atoms with Crippen LogP contribution in [-0.4, -0.2) is 73.1 Å². The summed E-state index contributed by atoms with van der Waals surface area (Å²) < 4.78 is 17.3. The first-order valence-corrected chi connectivity index (χ1v) is 14.9. The Balaban J connectivity index is 2.01. The van der Waals surface area contributed by atoms with Gasteiger partial charge in [-0.05, 0) is 80.9 Å². The molecule has 0 radical (unpaired) electrons. The molecule has 1 saturated heterocycles. The van der Waals surface area contributed by atoms with Crippen LogP contribution in [0.25, 0.3) is 5.76 Å². The number of Topliss-reactive ketones (excluding diaryl/α,β-unsaturated/α-hetero) is 1. The molecule has 0 saturated carbocycles. The fourth-order valence-electron chi connectivity index (χ4n) is 4.96. The average molecular weight is 567 g/mol. The monoisotopic (exact) mass is 566 g/mol. The third-order valence-corrected chi connectivity index (χ3v) is 7.46. The van der Waals surface area contributed by atoms with Gasteiger partial charge in [0.2, 0.25) is 0 Å². The zero-order valence-electron chi connectivity index (χ0n) is 25.3. The second-order valence-corrected chi connectivity index (χ2v) is 10.2. The lowest BCUT2D eigenvalue weighted by molar-refractivity contribution is -0.140. The Morgan fingerprint density at radius 3 is 2.15 bits per heavy atom. The second kappa shape index (κ2) is 16.1. The number of methoxy groups -OCH3 is 1. The van der Waals surface area contributed by atoms with E-state index in [4.69, 9.17) is 14.2 Å². The molecule has 0 spiro atoms. The molecule has 3 rings (SSSR count). The zero-order valence-corrected chi connectivity index (χ0v) is 25.3. The Morgan fingerprint density at radius 1 is 0.878 bits per heavy atom. The van der Waals surface area contributed by atoms with E-state index in [0.717, 1.165) is 45.3 Å². The first-order chi connectivity index (χ1) is 19.9. The van der Waals surface area contributed by atoms with Gasteiger partial charge in [-0.25, -0.2) is 0 Å². The first-order valence-electron chi connectivity index (χ1n) is 14.9. The fourth-order valence-corrected chi connectivity index (χ4v) is 4.96. The summed E-state index contributed by atoms with van der Waals surface area (Å²) in [6.07, 6.45) is 4.61. The van der Waals surface area contributed by atoms with Gasteiger partial charge >= 0.3 is 0 Å². The first kappa shape index (κ1) is 32.0. The van der Waals surface area contributed by atoms with E-state index in [1.807, 2.05) is 12.1 Å². The van der Waals surface area contributed by atoms with E-state index in [1.54, 1.807) is 42.3 Å². The number of nitrogens with zero attached hydrogens (tertiary/aromatic N) is 2. The quantitative estimate of drug-likeness (QED) is 0.105. The molecule has 2 aromatic rings. The summed E-state index contributed by atoms with van der Waals surface area (Å²) in [6.45, 7) is 12.6. The van der Waals surface area contributed by atoms with Crippen molar-refractivity contribution in [1.29, 1.82) is 0 Å². The van der Waals surface area contributed by atoms with Crippen molar-refractivity contribution in [2.45, 2.75) is 65.8 Å². The zero-order chi connectivity index (χ0) is 29.8. The number of ketones is 1. The Hall–Kier alpha value is -3.52. The highest BCUT2D eigenvalue weighted by atomic mass is 16.5. The molecule has 0 bridgehead atoms. The standard InChI is InChI=1S/C33H46N2O6/c1-6-10-21-40-26-16-13-24(14-17-26)31(36)29-30(25-15-18-27(28(23-25)39-5)41-22-11-7-2)35(33(38)32(29)37)20-12-19-34(8-3)9-4/h13-18,23,30,36H,6-12,19-22H2,1-5H3/t30-/m0/s1. The van der Waals surface area contributed by atoms with Gasteiger partial charge in [0.1, 0.15) is 11.5 Å². The number of hydrogen-bond donors (Lipinski definition) is 1. The fraction of sp³-hybridized carbons (Fsp3) is 0.515. The molecule has 1 heterocycles. The van der Waals surface area contributed by atoms with Crippen LogP contribution in [0.15, 0.2) is 48.0 Å².